The molecule has 1 unspecified atom stereocenters. The van der Waals surface area contributed by atoms with Gasteiger partial charge >= 0.3 is 0 Å². The largest absolute Gasteiger partial charge is 0.338 e. The van der Waals surface area contributed by atoms with E-state index in [4.69, 9.17) is 12.2 Å². The van der Waals surface area contributed by atoms with Crippen molar-refractivity contribution in [2.75, 3.05) is 13.1 Å². The van der Waals surface area contributed by atoms with Gasteiger partial charge in [-0.2, -0.15) is 5.10 Å². The Kier molecular flexibility index (Phi) is 5.17. The third-order valence-corrected chi connectivity index (χ3v) is 6.27. The van der Waals surface area contributed by atoms with Crippen LogP contribution in [0.3, 0.4) is 0 Å². The van der Waals surface area contributed by atoms with Crippen molar-refractivity contribution in [1.29, 1.82) is 0 Å². The highest BCUT2D eigenvalue weighted by Crippen LogP contribution is 2.28. The highest BCUT2D eigenvalue weighted by atomic mass is 32.1. The third kappa shape index (κ3) is 3.55. The number of benzene rings is 1. The molecule has 3 heterocycles. The molecule has 0 aliphatic carbocycles. The summed E-state index contributed by atoms with van der Waals surface area (Å²) in [6.45, 7) is 7.61. The van der Waals surface area contributed by atoms with Gasteiger partial charge in [0.15, 0.2) is 4.77 Å². The van der Waals surface area contributed by atoms with Gasteiger partial charge in [-0.15, -0.1) is 0 Å². The quantitative estimate of drug-likeness (QED) is 0.659. The van der Waals surface area contributed by atoms with Gasteiger partial charge in [-0.05, 0) is 69.6 Å². The molecule has 1 aromatic carbocycles. The first kappa shape index (κ1) is 19.6. The Morgan fingerprint density at radius 3 is 2.72 bits per heavy atom. The molecule has 1 saturated heterocycles. The van der Waals surface area contributed by atoms with Crippen LogP contribution >= 0.6 is 12.2 Å². The molecule has 1 atom stereocenters. The molecule has 0 bridgehead atoms. The first-order chi connectivity index (χ1) is 13.9. The fourth-order valence-electron chi connectivity index (χ4n) is 4.41. The number of hydrogen-bond donors (Lipinski definition) is 1. The normalized spacial score (nSPS) is 17.0. The van der Waals surface area contributed by atoms with Gasteiger partial charge in [0.2, 0.25) is 0 Å². The molecule has 1 fully saturated rings. The highest BCUT2D eigenvalue weighted by molar-refractivity contribution is 7.71. The van der Waals surface area contributed by atoms with E-state index in [-0.39, 0.29) is 11.8 Å². The molecular formula is C22H27N5OS. The van der Waals surface area contributed by atoms with Gasteiger partial charge < -0.3 is 14.0 Å². The minimum atomic E-state index is 0.0958. The zero-order chi connectivity index (χ0) is 20.7. The summed E-state index contributed by atoms with van der Waals surface area (Å²) in [5, 5.41) is 7.25. The lowest BCUT2D eigenvalue weighted by atomic mass is 9.96. The summed E-state index contributed by atoms with van der Waals surface area (Å²) in [7, 11) is 1.93. The lowest BCUT2D eigenvalue weighted by Gasteiger charge is -2.32. The van der Waals surface area contributed by atoms with E-state index in [2.05, 4.69) is 52.9 Å². The number of aryl methyl sites for hydroxylation is 2. The van der Waals surface area contributed by atoms with Crippen molar-refractivity contribution in [3.05, 3.63) is 63.4 Å². The summed E-state index contributed by atoms with van der Waals surface area (Å²) in [4.78, 5) is 15.4. The highest BCUT2D eigenvalue weighted by Gasteiger charge is 2.30. The summed E-state index contributed by atoms with van der Waals surface area (Å²) in [6.07, 6.45) is 1.98. The number of aromatic amines is 1. The summed E-state index contributed by atoms with van der Waals surface area (Å²) in [5.41, 5.74) is 5.13. The lowest BCUT2D eigenvalue weighted by molar-refractivity contribution is 0.0702. The van der Waals surface area contributed by atoms with Crippen LogP contribution in [0.25, 0.3) is 5.69 Å². The first-order valence-electron chi connectivity index (χ1n) is 10.0. The molecule has 1 aliphatic heterocycles. The molecule has 1 aliphatic rings. The zero-order valence-corrected chi connectivity index (χ0v) is 18.2. The summed E-state index contributed by atoms with van der Waals surface area (Å²) < 4.78 is 4.70. The maximum absolute atomic E-state index is 13.4. The first-order valence-corrected chi connectivity index (χ1v) is 10.4. The van der Waals surface area contributed by atoms with Gasteiger partial charge in [-0.25, -0.2) is 0 Å². The number of rotatable bonds is 3. The molecule has 1 N–H and O–H groups in total. The monoisotopic (exact) mass is 409 g/mol. The van der Waals surface area contributed by atoms with Crippen LogP contribution in [0, 0.1) is 25.5 Å². The second-order valence-electron chi connectivity index (χ2n) is 8.00. The van der Waals surface area contributed by atoms with Crippen molar-refractivity contribution in [1.82, 2.24) is 24.2 Å². The molecule has 0 spiro atoms. The van der Waals surface area contributed by atoms with Gasteiger partial charge in [0.1, 0.15) is 5.82 Å². The van der Waals surface area contributed by atoms with Crippen LogP contribution in [0.1, 0.15) is 51.9 Å². The lowest BCUT2D eigenvalue weighted by Crippen LogP contribution is -2.39. The van der Waals surface area contributed by atoms with Crippen molar-refractivity contribution < 1.29 is 4.79 Å². The zero-order valence-electron chi connectivity index (χ0n) is 17.4. The number of carbonyl (C=O) groups excluding carboxylic acids is 1. The minimum absolute atomic E-state index is 0.0958. The van der Waals surface area contributed by atoms with Crippen LogP contribution in [0.2, 0.25) is 0 Å². The fourth-order valence-corrected chi connectivity index (χ4v) is 4.55. The molecule has 1 amide bonds. The number of piperidine rings is 1. The minimum Gasteiger partial charge on any atom is -0.338 e. The van der Waals surface area contributed by atoms with E-state index in [9.17, 15) is 4.79 Å². The Hall–Kier alpha value is -2.67. The van der Waals surface area contributed by atoms with Crippen LogP contribution in [0.4, 0.5) is 0 Å². The molecule has 3 aromatic rings. The number of carbonyl (C=O) groups is 1. The van der Waals surface area contributed by atoms with E-state index < -0.39 is 0 Å². The topological polar surface area (TPSA) is 58.9 Å². The van der Waals surface area contributed by atoms with Gasteiger partial charge in [0.05, 0.1) is 5.56 Å². The second kappa shape index (κ2) is 7.63. The van der Waals surface area contributed by atoms with Crippen molar-refractivity contribution in [2.45, 2.75) is 39.5 Å². The number of H-pyrrole nitrogens is 1. The van der Waals surface area contributed by atoms with Gasteiger partial charge in [-0.3, -0.25) is 9.89 Å². The third-order valence-electron chi connectivity index (χ3n) is 5.91. The predicted octanol–water partition coefficient (Wildman–Crippen LogP) is 4.21. The number of likely N-dealkylation sites (tertiary alicyclic amines) is 1. The Labute approximate surface area is 176 Å². The summed E-state index contributed by atoms with van der Waals surface area (Å²) in [6, 6.07) is 10.4. The van der Waals surface area contributed by atoms with E-state index in [1.54, 1.807) is 0 Å². The molecule has 2 aromatic heterocycles. The van der Waals surface area contributed by atoms with E-state index in [0.29, 0.717) is 11.3 Å². The van der Waals surface area contributed by atoms with Crippen LogP contribution in [-0.2, 0) is 7.05 Å². The second-order valence-corrected chi connectivity index (χ2v) is 8.38. The van der Waals surface area contributed by atoms with E-state index in [0.717, 1.165) is 47.8 Å². The van der Waals surface area contributed by atoms with Crippen molar-refractivity contribution >= 4 is 18.1 Å². The molecule has 0 radical (unpaired) electrons. The number of nitrogens with zero attached hydrogens (tertiary/aromatic N) is 4. The SMILES string of the molecule is Cc1cccc(-n2c(C)cc(C(=O)N3CCCC(c4n[nH]c(=S)n4C)C3)c2C)c1. The standard InChI is InChI=1S/C22H27N5OS/c1-14-7-5-9-18(11-14)27-15(2)12-19(16(27)3)21(28)26-10-6-8-17(13-26)20-23-24-22(29)25(20)4/h5,7,9,11-12,17H,6,8,10,13H2,1-4H3,(H,24,29). The van der Waals surface area contributed by atoms with Crippen LogP contribution in [0.5, 0.6) is 0 Å². The average molecular weight is 410 g/mol. The summed E-state index contributed by atoms with van der Waals surface area (Å²) >= 11 is 5.25. The Bertz CT molecular complexity index is 1120. The Morgan fingerprint density at radius 2 is 2.03 bits per heavy atom. The number of nitrogens with one attached hydrogen (secondary N) is 1. The molecule has 4 rings (SSSR count). The molecule has 7 heteroatoms. The smallest absolute Gasteiger partial charge is 0.255 e. The number of aromatic nitrogens is 4. The maximum atomic E-state index is 13.4. The van der Waals surface area contributed by atoms with Crippen molar-refractivity contribution in [3.63, 3.8) is 0 Å². The molecule has 0 saturated carbocycles. The Morgan fingerprint density at radius 1 is 1.24 bits per heavy atom. The van der Waals surface area contributed by atoms with Gasteiger partial charge in [-0.1, -0.05) is 12.1 Å². The van der Waals surface area contributed by atoms with Crippen molar-refractivity contribution in [2.24, 2.45) is 7.05 Å². The molecule has 29 heavy (non-hydrogen) atoms. The average Bonchev–Trinajstić information content (AvgIpc) is 3.19. The van der Waals surface area contributed by atoms with E-state index >= 15 is 0 Å². The number of hydrogen-bond acceptors (Lipinski definition) is 3. The molecule has 6 nitrogen and oxygen atoms in total. The number of amides is 1. The fraction of sp³-hybridized carbons (Fsp3) is 0.409. The van der Waals surface area contributed by atoms with Crippen LogP contribution in [0.15, 0.2) is 30.3 Å². The van der Waals surface area contributed by atoms with Gasteiger partial charge in [0, 0.05) is 43.1 Å². The van der Waals surface area contributed by atoms with Crippen LogP contribution < -0.4 is 0 Å². The van der Waals surface area contributed by atoms with Crippen molar-refractivity contribution in [3.8, 4) is 5.69 Å². The summed E-state index contributed by atoms with van der Waals surface area (Å²) in [5.74, 6) is 1.22. The maximum Gasteiger partial charge on any atom is 0.255 e. The predicted molar refractivity (Wildman–Crippen MR) is 116 cm³/mol. The van der Waals surface area contributed by atoms with Gasteiger partial charge in [0.25, 0.3) is 5.91 Å². The van der Waals surface area contributed by atoms with E-state index in [1.165, 1.54) is 5.56 Å². The molecular weight excluding hydrogens is 382 g/mol. The molecule has 152 valence electrons. The Balaban J connectivity index is 1.62. The van der Waals surface area contributed by atoms with E-state index in [1.807, 2.05) is 29.5 Å². The van der Waals surface area contributed by atoms with Crippen LogP contribution in [-0.4, -0.2) is 43.2 Å².